The molecule has 0 fully saturated rings. The molecule has 0 spiro atoms. The first-order valence-electron chi connectivity index (χ1n) is 4.00. The second-order valence-electron chi connectivity index (χ2n) is 2.58. The molecule has 7 nitrogen and oxygen atoms in total. The highest BCUT2D eigenvalue weighted by molar-refractivity contribution is 7.91. The summed E-state index contributed by atoms with van der Waals surface area (Å²) in [7, 11) is -3.74. The molecule has 0 aliphatic carbocycles. The maximum atomic E-state index is 11.5. The van der Waals surface area contributed by atoms with Crippen LogP contribution in [0.1, 0.15) is 6.92 Å². The number of terminal acetylenes is 1. The molecule has 1 rings (SSSR count). The lowest BCUT2D eigenvalue weighted by molar-refractivity contribution is -0.114. The summed E-state index contributed by atoms with van der Waals surface area (Å²) in [4.78, 5) is 10.7. The zero-order chi connectivity index (χ0) is 12.2. The minimum atomic E-state index is -3.74. The Hall–Kier alpha value is -1.50. The number of anilines is 1. The number of nitrogens with one attached hydrogen (secondary N) is 2. The number of rotatable bonds is 4. The lowest BCUT2D eigenvalue weighted by atomic mass is 10.7. The van der Waals surface area contributed by atoms with Crippen molar-refractivity contribution in [3.05, 3.63) is 0 Å². The highest BCUT2D eigenvalue weighted by Crippen LogP contribution is 2.19. The molecule has 0 bridgehead atoms. The van der Waals surface area contributed by atoms with Crippen molar-refractivity contribution in [2.45, 2.75) is 11.3 Å². The second-order valence-corrected chi connectivity index (χ2v) is 5.50. The Morgan fingerprint density at radius 3 is 2.81 bits per heavy atom. The van der Waals surface area contributed by atoms with Crippen LogP contribution in [0.4, 0.5) is 5.13 Å². The maximum absolute atomic E-state index is 11.5. The molecule has 0 aliphatic rings. The monoisotopic (exact) mass is 260 g/mol. The molecule has 0 radical (unpaired) electrons. The molecular formula is C7H8N4O3S2. The average Bonchev–Trinajstić information content (AvgIpc) is 2.63. The van der Waals surface area contributed by atoms with Crippen molar-refractivity contribution in [2.75, 3.05) is 11.9 Å². The van der Waals surface area contributed by atoms with Crippen LogP contribution in [0, 0.1) is 12.3 Å². The predicted octanol–water partition coefficient (Wildman–Crippen LogP) is -0.592. The SMILES string of the molecule is C#CCNS(=O)(=O)c1nnc(NC(C)=O)s1. The lowest BCUT2D eigenvalue weighted by Gasteiger charge is -1.97. The average molecular weight is 260 g/mol. The normalized spacial score (nSPS) is 10.8. The van der Waals surface area contributed by atoms with Gasteiger partial charge in [0.2, 0.25) is 15.4 Å². The molecule has 0 unspecified atom stereocenters. The van der Waals surface area contributed by atoms with Crippen LogP contribution in [0.25, 0.3) is 0 Å². The lowest BCUT2D eigenvalue weighted by Crippen LogP contribution is -2.23. The van der Waals surface area contributed by atoms with Crippen molar-refractivity contribution in [1.82, 2.24) is 14.9 Å². The molecule has 0 atom stereocenters. The van der Waals surface area contributed by atoms with Gasteiger partial charge in [-0.2, -0.15) is 4.72 Å². The standard InChI is InChI=1S/C7H8N4O3S2/c1-3-4-8-16(13,14)7-11-10-6(15-7)9-5(2)12/h1,8H,4H2,2H3,(H,9,10,12). The van der Waals surface area contributed by atoms with E-state index in [0.717, 1.165) is 11.3 Å². The van der Waals surface area contributed by atoms with E-state index in [0.29, 0.717) is 0 Å². The summed E-state index contributed by atoms with van der Waals surface area (Å²) in [6.07, 6.45) is 4.92. The van der Waals surface area contributed by atoms with Crippen molar-refractivity contribution in [3.63, 3.8) is 0 Å². The fourth-order valence-electron chi connectivity index (χ4n) is 0.718. The van der Waals surface area contributed by atoms with Crippen molar-refractivity contribution in [3.8, 4) is 12.3 Å². The van der Waals surface area contributed by atoms with E-state index >= 15 is 0 Å². The topological polar surface area (TPSA) is 101 Å². The van der Waals surface area contributed by atoms with Gasteiger partial charge in [0.15, 0.2) is 0 Å². The first kappa shape index (κ1) is 12.6. The number of aromatic nitrogens is 2. The van der Waals surface area contributed by atoms with Crippen LogP contribution in [0.2, 0.25) is 0 Å². The van der Waals surface area contributed by atoms with Gasteiger partial charge in [0.25, 0.3) is 10.0 Å². The van der Waals surface area contributed by atoms with Crippen LogP contribution >= 0.6 is 11.3 Å². The summed E-state index contributed by atoms with van der Waals surface area (Å²) in [6, 6.07) is 0. The van der Waals surface area contributed by atoms with Gasteiger partial charge in [-0.3, -0.25) is 4.79 Å². The van der Waals surface area contributed by atoms with Crippen molar-refractivity contribution in [1.29, 1.82) is 0 Å². The Labute approximate surface area is 96.3 Å². The van der Waals surface area contributed by atoms with E-state index in [1.54, 1.807) is 0 Å². The van der Waals surface area contributed by atoms with Crippen LogP contribution in [-0.4, -0.2) is 31.1 Å². The molecule has 0 aromatic carbocycles. The number of carbonyl (C=O) groups is 1. The number of amides is 1. The Bertz CT molecular complexity index is 528. The third-order valence-electron chi connectivity index (χ3n) is 1.28. The van der Waals surface area contributed by atoms with Gasteiger partial charge < -0.3 is 5.32 Å². The molecule has 1 aromatic heterocycles. The van der Waals surface area contributed by atoms with Crippen molar-refractivity contribution in [2.24, 2.45) is 0 Å². The largest absolute Gasteiger partial charge is 0.301 e. The van der Waals surface area contributed by atoms with E-state index < -0.39 is 10.0 Å². The third-order valence-corrected chi connectivity index (χ3v) is 3.89. The zero-order valence-corrected chi connectivity index (χ0v) is 9.85. The van der Waals surface area contributed by atoms with Gasteiger partial charge >= 0.3 is 0 Å². The molecule has 0 saturated carbocycles. The molecule has 1 amide bonds. The summed E-state index contributed by atoms with van der Waals surface area (Å²) < 4.78 is 24.8. The molecule has 9 heteroatoms. The van der Waals surface area contributed by atoms with Crippen LogP contribution in [0.15, 0.2) is 4.34 Å². The first-order chi connectivity index (χ1) is 7.45. The highest BCUT2D eigenvalue weighted by atomic mass is 32.2. The van der Waals surface area contributed by atoms with Crippen molar-refractivity contribution >= 4 is 32.4 Å². The van der Waals surface area contributed by atoms with E-state index in [1.807, 2.05) is 0 Å². The third kappa shape index (κ3) is 3.27. The zero-order valence-electron chi connectivity index (χ0n) is 8.22. The van der Waals surface area contributed by atoms with Crippen LogP contribution in [-0.2, 0) is 14.8 Å². The summed E-state index contributed by atoms with van der Waals surface area (Å²) in [6.45, 7) is 1.16. The molecule has 16 heavy (non-hydrogen) atoms. The fraction of sp³-hybridized carbons (Fsp3) is 0.286. The Balaban J connectivity index is 2.85. The number of carbonyl (C=O) groups excluding carboxylic acids is 1. The van der Waals surface area contributed by atoms with E-state index in [1.165, 1.54) is 6.92 Å². The first-order valence-corrected chi connectivity index (χ1v) is 6.30. The maximum Gasteiger partial charge on any atom is 0.270 e. The summed E-state index contributed by atoms with van der Waals surface area (Å²) in [5.41, 5.74) is 0. The van der Waals surface area contributed by atoms with Gasteiger partial charge in [-0.15, -0.1) is 16.6 Å². The van der Waals surface area contributed by atoms with Crippen molar-refractivity contribution < 1.29 is 13.2 Å². The molecule has 1 heterocycles. The Morgan fingerprint density at radius 1 is 1.56 bits per heavy atom. The Kier molecular flexibility index (Phi) is 3.94. The van der Waals surface area contributed by atoms with Gasteiger partial charge in [0.1, 0.15) is 0 Å². The van der Waals surface area contributed by atoms with Gasteiger partial charge in [0, 0.05) is 6.92 Å². The number of sulfonamides is 1. The van der Waals surface area contributed by atoms with E-state index in [4.69, 9.17) is 6.42 Å². The summed E-state index contributed by atoms with van der Waals surface area (Å²) >= 11 is 0.745. The minimum Gasteiger partial charge on any atom is -0.301 e. The van der Waals surface area contributed by atoms with E-state index in [-0.39, 0.29) is 21.9 Å². The van der Waals surface area contributed by atoms with Gasteiger partial charge in [-0.05, 0) is 0 Å². The highest BCUT2D eigenvalue weighted by Gasteiger charge is 2.19. The quantitative estimate of drug-likeness (QED) is 0.556. The Morgan fingerprint density at radius 2 is 2.25 bits per heavy atom. The summed E-state index contributed by atoms with van der Waals surface area (Å²) in [5, 5.41) is 9.37. The fourth-order valence-corrected chi connectivity index (χ4v) is 2.64. The predicted molar refractivity (Wildman–Crippen MR) is 58.2 cm³/mol. The smallest absolute Gasteiger partial charge is 0.270 e. The number of hydrogen-bond acceptors (Lipinski definition) is 6. The number of hydrogen-bond donors (Lipinski definition) is 2. The molecular weight excluding hydrogens is 252 g/mol. The van der Waals surface area contributed by atoms with Gasteiger partial charge in [0.05, 0.1) is 6.54 Å². The molecule has 0 saturated heterocycles. The molecule has 2 N–H and O–H groups in total. The van der Waals surface area contributed by atoms with E-state index in [2.05, 4.69) is 26.2 Å². The second kappa shape index (κ2) is 5.02. The minimum absolute atomic E-state index is 0.119. The molecule has 86 valence electrons. The van der Waals surface area contributed by atoms with Crippen LogP contribution in [0.3, 0.4) is 0 Å². The summed E-state index contributed by atoms with van der Waals surface area (Å²) in [5.74, 6) is 1.78. The number of nitrogens with zero attached hydrogens (tertiary/aromatic N) is 2. The molecule has 1 aromatic rings. The van der Waals surface area contributed by atoms with Gasteiger partial charge in [-0.25, -0.2) is 8.42 Å². The molecule has 0 aliphatic heterocycles. The van der Waals surface area contributed by atoms with Crippen LogP contribution < -0.4 is 10.0 Å². The van der Waals surface area contributed by atoms with Gasteiger partial charge in [-0.1, -0.05) is 17.3 Å². The van der Waals surface area contributed by atoms with E-state index in [9.17, 15) is 13.2 Å². The van der Waals surface area contributed by atoms with Crippen LogP contribution in [0.5, 0.6) is 0 Å².